The quantitative estimate of drug-likeness (QED) is 0.468. The minimum Gasteiger partial charge on any atom is -0.283 e. The molecule has 0 radical (unpaired) electrons. The van der Waals surface area contributed by atoms with Crippen LogP contribution in [0.1, 0.15) is 33.7 Å². The maximum Gasteiger partial charge on any atom is 0.286 e. The lowest BCUT2D eigenvalue weighted by Crippen LogP contribution is -2.41. The standard InChI is InChI=1S/C27H24ClFN4OS/c28-21-6-10-23(11-7-21)33-26-20(12-17-4-8-22(29)9-5-17)15-35-16-24(26)25(30-33)27(34)31-32-13-18-2-1-3-19(18)14-32/h1-2,4-12,18-19H,3,13-16H2,(H,31,34). The summed E-state index contributed by atoms with van der Waals surface area (Å²) >= 11 is 7.88. The number of carbonyl (C=O) groups excluding carboxylic acids is 1. The van der Waals surface area contributed by atoms with Crippen LogP contribution < -0.4 is 5.43 Å². The molecular weight excluding hydrogens is 483 g/mol. The molecule has 2 aromatic carbocycles. The summed E-state index contributed by atoms with van der Waals surface area (Å²) in [7, 11) is 0. The van der Waals surface area contributed by atoms with Crippen LogP contribution in [0.15, 0.2) is 60.7 Å². The fourth-order valence-corrected chi connectivity index (χ4v) is 6.30. The molecule has 0 bridgehead atoms. The van der Waals surface area contributed by atoms with E-state index in [4.69, 9.17) is 16.7 Å². The van der Waals surface area contributed by atoms with E-state index in [-0.39, 0.29) is 11.7 Å². The molecule has 3 aliphatic rings. The summed E-state index contributed by atoms with van der Waals surface area (Å²) in [5, 5.41) is 7.48. The second-order valence-corrected chi connectivity index (χ2v) is 10.6. The van der Waals surface area contributed by atoms with E-state index >= 15 is 0 Å². The lowest BCUT2D eigenvalue weighted by Gasteiger charge is -2.19. The van der Waals surface area contributed by atoms with Crippen LogP contribution in [0, 0.1) is 17.7 Å². The maximum atomic E-state index is 13.5. The van der Waals surface area contributed by atoms with Crippen LogP contribution in [0.3, 0.4) is 0 Å². The number of rotatable bonds is 4. The lowest BCUT2D eigenvalue weighted by molar-refractivity contribution is 0.0812. The first-order chi connectivity index (χ1) is 17.0. The fraction of sp³-hybridized carbons (Fsp3) is 0.259. The molecule has 35 heavy (non-hydrogen) atoms. The highest BCUT2D eigenvalue weighted by Gasteiger charge is 2.35. The van der Waals surface area contributed by atoms with E-state index in [1.54, 1.807) is 23.9 Å². The molecule has 5 nitrogen and oxygen atoms in total. The van der Waals surface area contributed by atoms with Gasteiger partial charge in [-0.1, -0.05) is 35.9 Å². The second-order valence-electron chi connectivity index (χ2n) is 9.21. The zero-order chi connectivity index (χ0) is 23.9. The summed E-state index contributed by atoms with van der Waals surface area (Å²) in [6.45, 7) is 1.69. The van der Waals surface area contributed by atoms with Crippen molar-refractivity contribution in [1.82, 2.24) is 20.2 Å². The smallest absolute Gasteiger partial charge is 0.283 e. The van der Waals surface area contributed by atoms with E-state index in [2.05, 4.69) is 17.6 Å². The molecule has 1 aliphatic carbocycles. The van der Waals surface area contributed by atoms with Gasteiger partial charge < -0.3 is 0 Å². The highest BCUT2D eigenvalue weighted by atomic mass is 35.5. The van der Waals surface area contributed by atoms with Crippen LogP contribution in [0.25, 0.3) is 17.3 Å². The van der Waals surface area contributed by atoms with Gasteiger partial charge >= 0.3 is 0 Å². The molecule has 1 amide bonds. The van der Waals surface area contributed by atoms with Crippen molar-refractivity contribution in [2.45, 2.75) is 12.2 Å². The number of carbonyl (C=O) groups is 1. The SMILES string of the molecule is O=C(NN1CC2C=CCC2C1)c1nn(-c2ccc(Cl)cc2)c2c1CSCC2=Cc1ccc(F)cc1. The number of thioether (sulfide) groups is 1. The molecule has 1 saturated heterocycles. The number of nitrogens with zero attached hydrogens (tertiary/aromatic N) is 3. The number of allylic oxidation sites excluding steroid dienone is 1. The number of benzene rings is 2. The van der Waals surface area contributed by atoms with Crippen molar-refractivity contribution in [2.24, 2.45) is 11.8 Å². The number of hydrazine groups is 1. The summed E-state index contributed by atoms with van der Waals surface area (Å²) in [5.41, 5.74) is 8.18. The topological polar surface area (TPSA) is 50.2 Å². The number of fused-ring (bicyclic) bond motifs is 2. The molecule has 8 heteroatoms. The zero-order valence-electron chi connectivity index (χ0n) is 19.0. The third-order valence-corrected chi connectivity index (χ3v) is 8.12. The first kappa shape index (κ1) is 22.6. The van der Waals surface area contributed by atoms with Crippen LogP contribution in [0.2, 0.25) is 5.02 Å². The lowest BCUT2D eigenvalue weighted by atomic mass is 10.0. The number of amides is 1. The van der Waals surface area contributed by atoms with Crippen LogP contribution in [-0.2, 0) is 5.75 Å². The second kappa shape index (κ2) is 9.30. The van der Waals surface area contributed by atoms with Crippen LogP contribution in [-0.4, -0.2) is 39.5 Å². The highest BCUT2D eigenvalue weighted by Crippen LogP contribution is 2.38. The predicted octanol–water partition coefficient (Wildman–Crippen LogP) is 5.60. The average molecular weight is 507 g/mol. The number of aromatic nitrogens is 2. The average Bonchev–Trinajstić information content (AvgIpc) is 3.55. The molecule has 178 valence electrons. The molecule has 1 aromatic heterocycles. The van der Waals surface area contributed by atoms with Gasteiger partial charge in [-0.2, -0.15) is 16.9 Å². The van der Waals surface area contributed by atoms with E-state index in [1.165, 1.54) is 12.1 Å². The van der Waals surface area contributed by atoms with Gasteiger partial charge in [0, 0.05) is 35.2 Å². The van der Waals surface area contributed by atoms with Gasteiger partial charge in [-0.25, -0.2) is 14.1 Å². The third-order valence-electron chi connectivity index (χ3n) is 6.86. The van der Waals surface area contributed by atoms with Crippen LogP contribution in [0.5, 0.6) is 0 Å². The molecule has 2 atom stereocenters. The minimum atomic E-state index is -0.266. The number of hydrogen-bond acceptors (Lipinski definition) is 4. The Morgan fingerprint density at radius 2 is 1.91 bits per heavy atom. The summed E-state index contributed by atoms with van der Waals surface area (Å²) in [6.07, 6.45) is 7.63. The fourth-order valence-electron chi connectivity index (χ4n) is 5.15. The van der Waals surface area contributed by atoms with E-state index in [0.29, 0.717) is 28.3 Å². The highest BCUT2D eigenvalue weighted by molar-refractivity contribution is 7.99. The van der Waals surface area contributed by atoms with Crippen molar-refractivity contribution >= 4 is 40.9 Å². The summed E-state index contributed by atoms with van der Waals surface area (Å²) < 4.78 is 15.3. The molecule has 0 spiro atoms. The molecule has 3 heterocycles. The minimum absolute atomic E-state index is 0.179. The van der Waals surface area contributed by atoms with Gasteiger partial charge in [-0.05, 0) is 71.9 Å². The summed E-state index contributed by atoms with van der Waals surface area (Å²) in [5.74, 6) is 2.11. The van der Waals surface area contributed by atoms with Gasteiger partial charge in [-0.15, -0.1) is 0 Å². The first-order valence-electron chi connectivity index (χ1n) is 11.7. The number of hydrogen-bond donors (Lipinski definition) is 1. The predicted molar refractivity (Wildman–Crippen MR) is 139 cm³/mol. The Kier molecular flexibility index (Phi) is 6.00. The van der Waals surface area contributed by atoms with Crippen molar-refractivity contribution in [3.05, 3.63) is 94.0 Å². The van der Waals surface area contributed by atoms with Crippen molar-refractivity contribution in [3.63, 3.8) is 0 Å². The zero-order valence-corrected chi connectivity index (χ0v) is 20.5. The van der Waals surface area contributed by atoms with Crippen LogP contribution in [0.4, 0.5) is 4.39 Å². The molecule has 3 aromatic rings. The molecule has 6 rings (SSSR count). The van der Waals surface area contributed by atoms with Gasteiger partial charge in [0.1, 0.15) is 5.82 Å². The van der Waals surface area contributed by atoms with E-state index < -0.39 is 0 Å². The molecule has 1 fully saturated rings. The van der Waals surface area contributed by atoms with E-state index in [1.807, 2.05) is 40.0 Å². The normalized spacial score (nSPS) is 22.4. The van der Waals surface area contributed by atoms with Crippen molar-refractivity contribution in [2.75, 3.05) is 18.8 Å². The van der Waals surface area contributed by atoms with Gasteiger partial charge in [-0.3, -0.25) is 10.2 Å². The largest absolute Gasteiger partial charge is 0.286 e. The van der Waals surface area contributed by atoms with E-state index in [9.17, 15) is 9.18 Å². The van der Waals surface area contributed by atoms with Crippen molar-refractivity contribution in [3.8, 4) is 5.69 Å². The maximum absolute atomic E-state index is 13.5. The monoisotopic (exact) mass is 506 g/mol. The number of halogens is 2. The Morgan fingerprint density at radius 3 is 2.69 bits per heavy atom. The Hall–Kier alpha value is -2.87. The molecule has 1 N–H and O–H groups in total. The Balaban J connectivity index is 1.39. The van der Waals surface area contributed by atoms with Gasteiger partial charge in [0.2, 0.25) is 0 Å². The van der Waals surface area contributed by atoms with Crippen molar-refractivity contribution < 1.29 is 9.18 Å². The third kappa shape index (κ3) is 4.44. The Labute approximate surface area is 212 Å². The summed E-state index contributed by atoms with van der Waals surface area (Å²) in [4.78, 5) is 13.5. The number of nitrogens with one attached hydrogen (secondary N) is 1. The van der Waals surface area contributed by atoms with Gasteiger partial charge in [0.05, 0.1) is 11.4 Å². The van der Waals surface area contributed by atoms with Gasteiger partial charge in [0.25, 0.3) is 5.91 Å². The molecule has 2 unspecified atom stereocenters. The Bertz CT molecular complexity index is 1330. The van der Waals surface area contributed by atoms with Gasteiger partial charge in [0.15, 0.2) is 5.69 Å². The van der Waals surface area contributed by atoms with E-state index in [0.717, 1.165) is 53.3 Å². The van der Waals surface area contributed by atoms with Crippen LogP contribution >= 0.6 is 23.4 Å². The molecule has 0 saturated carbocycles. The first-order valence-corrected chi connectivity index (χ1v) is 13.2. The molecule has 2 aliphatic heterocycles. The molecular formula is C27H24ClFN4OS. The van der Waals surface area contributed by atoms with Crippen molar-refractivity contribution in [1.29, 1.82) is 0 Å². The Morgan fingerprint density at radius 1 is 1.11 bits per heavy atom. The summed E-state index contributed by atoms with van der Waals surface area (Å²) in [6, 6.07) is 13.9.